The molecular formula is C25H19BrN2O4S. The molecule has 0 aliphatic rings. The van der Waals surface area contributed by atoms with Crippen molar-refractivity contribution < 1.29 is 18.7 Å². The van der Waals surface area contributed by atoms with Gasteiger partial charge >= 0.3 is 5.97 Å². The summed E-state index contributed by atoms with van der Waals surface area (Å²) in [6, 6.07) is 13.3. The predicted octanol–water partition coefficient (Wildman–Crippen LogP) is 6.15. The Morgan fingerprint density at radius 1 is 1.21 bits per heavy atom. The van der Waals surface area contributed by atoms with Crippen LogP contribution in [0.25, 0.3) is 17.4 Å². The summed E-state index contributed by atoms with van der Waals surface area (Å²) in [5, 5.41) is 19.1. The van der Waals surface area contributed by atoms with Gasteiger partial charge in [0.05, 0.1) is 17.7 Å². The van der Waals surface area contributed by atoms with Crippen LogP contribution in [0.3, 0.4) is 0 Å². The summed E-state index contributed by atoms with van der Waals surface area (Å²) in [6.07, 6.45) is 1.21. The van der Waals surface area contributed by atoms with Crippen LogP contribution in [0.4, 0.5) is 0 Å². The molecule has 0 unspecified atom stereocenters. The second-order valence-corrected chi connectivity index (χ2v) is 9.10. The van der Waals surface area contributed by atoms with Crippen molar-refractivity contribution in [2.45, 2.75) is 27.2 Å². The number of hydrogen-bond acceptors (Lipinski definition) is 7. The first-order valence-electron chi connectivity index (χ1n) is 9.99. The van der Waals surface area contributed by atoms with E-state index >= 15 is 0 Å². The minimum Gasteiger partial charge on any atom is -0.462 e. The zero-order valence-electron chi connectivity index (χ0n) is 18.2. The van der Waals surface area contributed by atoms with E-state index in [0.717, 1.165) is 26.9 Å². The first-order chi connectivity index (χ1) is 15.8. The number of allylic oxidation sites excluding steroid dienone is 1. The number of thiophene rings is 1. The van der Waals surface area contributed by atoms with Gasteiger partial charge in [-0.05, 0) is 56.2 Å². The third-order valence-corrected chi connectivity index (χ3v) is 6.77. The van der Waals surface area contributed by atoms with Crippen LogP contribution in [0.5, 0.6) is 0 Å². The van der Waals surface area contributed by atoms with E-state index in [1.807, 2.05) is 37.3 Å². The maximum absolute atomic E-state index is 12.8. The lowest BCUT2D eigenvalue weighted by atomic mass is 10.0. The number of aryl methyl sites for hydroxylation is 1. The molecule has 0 fully saturated rings. The number of nitrogens with zero attached hydrogens (tertiary/aromatic N) is 2. The molecule has 3 aromatic rings. The molecule has 0 aliphatic carbocycles. The fourth-order valence-corrected chi connectivity index (χ4v) is 5.03. The Kier molecular flexibility index (Phi) is 7.65. The molecule has 0 radical (unpaired) electrons. The molecule has 0 bridgehead atoms. The Morgan fingerprint density at radius 2 is 1.97 bits per heavy atom. The van der Waals surface area contributed by atoms with Crippen LogP contribution in [-0.2, 0) is 16.0 Å². The largest absolute Gasteiger partial charge is 0.462 e. The molecular weight excluding hydrogens is 504 g/mol. The van der Waals surface area contributed by atoms with Gasteiger partial charge < -0.3 is 9.15 Å². The summed E-state index contributed by atoms with van der Waals surface area (Å²) in [4.78, 5) is 25.7. The molecule has 2 aromatic heterocycles. The molecule has 8 heteroatoms. The van der Waals surface area contributed by atoms with Gasteiger partial charge in [-0.3, -0.25) is 4.79 Å². The summed E-state index contributed by atoms with van der Waals surface area (Å²) in [6.45, 7) is 5.53. The highest BCUT2D eigenvalue weighted by atomic mass is 79.9. The van der Waals surface area contributed by atoms with Crippen LogP contribution in [0.1, 0.15) is 43.9 Å². The number of ketones is 1. The van der Waals surface area contributed by atoms with Gasteiger partial charge in [-0.1, -0.05) is 22.0 Å². The second kappa shape index (κ2) is 10.4. The topological polar surface area (TPSA) is 104 Å². The van der Waals surface area contributed by atoms with Crippen molar-refractivity contribution >= 4 is 45.1 Å². The summed E-state index contributed by atoms with van der Waals surface area (Å²) < 4.78 is 11.7. The highest BCUT2D eigenvalue weighted by Crippen LogP contribution is 2.32. The monoisotopic (exact) mass is 522 g/mol. The average molecular weight is 523 g/mol. The first-order valence-corrected chi connectivity index (χ1v) is 11.6. The van der Waals surface area contributed by atoms with Crippen molar-refractivity contribution in [3.05, 3.63) is 72.6 Å². The van der Waals surface area contributed by atoms with Crippen molar-refractivity contribution in [2.75, 3.05) is 6.61 Å². The van der Waals surface area contributed by atoms with Crippen LogP contribution in [-0.4, -0.2) is 18.4 Å². The highest BCUT2D eigenvalue weighted by molar-refractivity contribution is 9.10. The van der Waals surface area contributed by atoms with Gasteiger partial charge in [-0.15, -0.1) is 11.3 Å². The van der Waals surface area contributed by atoms with Crippen molar-refractivity contribution in [2.24, 2.45) is 0 Å². The Hall–Kier alpha value is -3.46. The molecule has 2 heterocycles. The number of benzene rings is 1. The number of esters is 1. The Labute approximate surface area is 203 Å². The minimum absolute atomic E-state index is 0.105. The smallest absolute Gasteiger partial charge is 0.348 e. The fourth-order valence-electron chi connectivity index (χ4n) is 3.19. The van der Waals surface area contributed by atoms with E-state index in [9.17, 15) is 20.1 Å². The summed E-state index contributed by atoms with van der Waals surface area (Å²) >= 11 is 4.56. The number of carbonyl (C=O) groups excluding carboxylic acids is 2. The van der Waals surface area contributed by atoms with Gasteiger partial charge in [0, 0.05) is 27.4 Å². The normalized spacial score (nSPS) is 11.0. The van der Waals surface area contributed by atoms with Crippen molar-refractivity contribution in [3.63, 3.8) is 0 Å². The number of carbonyl (C=O) groups is 2. The van der Waals surface area contributed by atoms with Crippen LogP contribution in [0, 0.1) is 36.5 Å². The van der Waals surface area contributed by atoms with E-state index in [-0.39, 0.29) is 29.0 Å². The second-order valence-electron chi connectivity index (χ2n) is 7.14. The Morgan fingerprint density at radius 3 is 2.61 bits per heavy atom. The molecule has 0 amide bonds. The maximum Gasteiger partial charge on any atom is 0.348 e. The van der Waals surface area contributed by atoms with Gasteiger partial charge in [0.2, 0.25) is 0 Å². The number of ether oxygens (including phenoxy) is 1. The quantitative estimate of drug-likeness (QED) is 0.209. The van der Waals surface area contributed by atoms with E-state index < -0.39 is 11.8 Å². The lowest BCUT2D eigenvalue weighted by Crippen LogP contribution is -2.05. The van der Waals surface area contributed by atoms with Gasteiger partial charge in [0.25, 0.3) is 0 Å². The SMILES string of the molecule is CCOC(=O)c1sc(CC(=O)/C(C#N)=C/c2ccc(-c3ccc(C)cc3Br)o2)c(C#N)c1C. The van der Waals surface area contributed by atoms with Crippen molar-refractivity contribution in [1.82, 2.24) is 0 Å². The number of halogens is 1. The van der Waals surface area contributed by atoms with E-state index in [4.69, 9.17) is 9.15 Å². The molecule has 0 aliphatic heterocycles. The molecule has 0 saturated carbocycles. The molecule has 0 saturated heterocycles. The number of Topliss-reactive ketones (excluding diaryl/α,β-unsaturated/α-hetero) is 1. The van der Waals surface area contributed by atoms with Crippen LogP contribution in [0.2, 0.25) is 0 Å². The van der Waals surface area contributed by atoms with Crippen LogP contribution >= 0.6 is 27.3 Å². The van der Waals surface area contributed by atoms with E-state index in [0.29, 0.717) is 22.0 Å². The third-order valence-electron chi connectivity index (χ3n) is 4.84. The molecule has 3 rings (SSSR count). The number of furan rings is 1. The van der Waals surface area contributed by atoms with Gasteiger partial charge in [0.1, 0.15) is 28.5 Å². The zero-order valence-corrected chi connectivity index (χ0v) is 20.6. The first kappa shape index (κ1) is 24.2. The Bertz CT molecular complexity index is 1350. The van der Waals surface area contributed by atoms with E-state index in [1.54, 1.807) is 26.0 Å². The van der Waals surface area contributed by atoms with Crippen LogP contribution in [0.15, 0.2) is 44.8 Å². The molecule has 33 heavy (non-hydrogen) atoms. The minimum atomic E-state index is -0.531. The third kappa shape index (κ3) is 5.31. The molecule has 0 atom stereocenters. The van der Waals surface area contributed by atoms with Crippen molar-refractivity contribution in [1.29, 1.82) is 10.5 Å². The summed E-state index contributed by atoms with van der Waals surface area (Å²) in [7, 11) is 0. The molecule has 166 valence electrons. The van der Waals surface area contributed by atoms with Gasteiger partial charge in [-0.2, -0.15) is 10.5 Å². The van der Waals surface area contributed by atoms with Gasteiger partial charge in [0.15, 0.2) is 5.78 Å². The summed E-state index contributed by atoms with van der Waals surface area (Å²) in [5.74, 6) is -0.0493. The number of nitriles is 2. The predicted molar refractivity (Wildman–Crippen MR) is 129 cm³/mol. The van der Waals surface area contributed by atoms with Gasteiger partial charge in [-0.25, -0.2) is 4.79 Å². The maximum atomic E-state index is 12.8. The zero-order chi connectivity index (χ0) is 24.1. The standard InChI is InChI=1S/C25H19BrN2O4S/c1-4-31-25(30)24-15(3)19(13-28)23(33-24)11-21(29)16(12-27)10-17-6-8-22(32-17)18-7-5-14(2)9-20(18)26/h5-10H,4,11H2,1-3H3/b16-10+. The molecule has 6 nitrogen and oxygen atoms in total. The van der Waals surface area contributed by atoms with E-state index in [1.165, 1.54) is 6.08 Å². The molecule has 0 N–H and O–H groups in total. The lowest BCUT2D eigenvalue weighted by Gasteiger charge is -2.02. The van der Waals surface area contributed by atoms with E-state index in [2.05, 4.69) is 15.9 Å². The summed E-state index contributed by atoms with van der Waals surface area (Å²) in [5.41, 5.74) is 2.58. The number of rotatable bonds is 7. The molecule has 0 spiro atoms. The fraction of sp³-hybridized carbons (Fsp3) is 0.200. The van der Waals surface area contributed by atoms with Crippen LogP contribution < -0.4 is 0 Å². The number of hydrogen-bond donors (Lipinski definition) is 0. The highest BCUT2D eigenvalue weighted by Gasteiger charge is 2.23. The van der Waals surface area contributed by atoms with Crippen molar-refractivity contribution in [3.8, 4) is 23.5 Å². The average Bonchev–Trinajstić information content (AvgIpc) is 3.36. The Balaban J connectivity index is 1.87. The lowest BCUT2D eigenvalue weighted by molar-refractivity contribution is -0.114. The molecule has 1 aromatic carbocycles.